The van der Waals surface area contributed by atoms with E-state index in [0.717, 1.165) is 32.6 Å². The molecule has 1 aliphatic rings. The van der Waals surface area contributed by atoms with Gasteiger partial charge >= 0.3 is 0 Å². The number of hydrogen-bond acceptors (Lipinski definition) is 10. The van der Waals surface area contributed by atoms with Crippen molar-refractivity contribution in [3.05, 3.63) is 204 Å². The summed E-state index contributed by atoms with van der Waals surface area (Å²) in [5.41, 5.74) is 4.00. The van der Waals surface area contributed by atoms with Crippen LogP contribution in [-0.2, 0) is 68.4 Å². The van der Waals surface area contributed by atoms with Gasteiger partial charge in [-0.1, -0.05) is 203 Å². The zero-order valence-corrected chi connectivity index (χ0v) is 46.4. The first-order valence-corrected chi connectivity index (χ1v) is 29.0. The van der Waals surface area contributed by atoms with Gasteiger partial charge in [0.2, 0.25) is 5.91 Å². The molecule has 7 rings (SSSR count). The van der Waals surface area contributed by atoms with Crippen LogP contribution in [0.3, 0.4) is 0 Å². The lowest BCUT2D eigenvalue weighted by Crippen LogP contribution is -2.68. The molecule has 7 atom stereocenters. The Kier molecular flexibility index (Phi) is 21.7. The summed E-state index contributed by atoms with van der Waals surface area (Å²) < 4.78 is 58.7. The predicted octanol–water partition coefficient (Wildman–Crippen LogP) is 11.1. The molecule has 1 saturated heterocycles. The monoisotopic (exact) mass is 1040 g/mol. The minimum absolute atomic E-state index is 0.0694. The smallest absolute Gasteiger partial charge is 0.261 e. The van der Waals surface area contributed by atoms with Gasteiger partial charge in [0, 0.05) is 19.0 Å². The fourth-order valence-corrected chi connectivity index (χ4v) is 15.9. The van der Waals surface area contributed by atoms with Gasteiger partial charge in [-0.3, -0.25) is 4.79 Å². The summed E-state index contributed by atoms with van der Waals surface area (Å²) in [6, 6.07) is 60.6. The molecular formula is C61H77N2O9PSi. The van der Waals surface area contributed by atoms with Crippen LogP contribution in [0.1, 0.15) is 77.6 Å². The number of carbonyl (C=O) groups excluding carboxylic acids is 1. The number of hydrogen-bond donors (Lipinski definition) is 1. The molecule has 0 saturated carbocycles. The van der Waals surface area contributed by atoms with E-state index in [9.17, 15) is 4.79 Å². The van der Waals surface area contributed by atoms with Gasteiger partial charge in [0.1, 0.15) is 30.5 Å². The van der Waals surface area contributed by atoms with Crippen molar-refractivity contribution in [1.29, 1.82) is 0 Å². The second kappa shape index (κ2) is 28.3. The van der Waals surface area contributed by atoms with Crippen LogP contribution in [0.4, 0.5) is 0 Å². The van der Waals surface area contributed by atoms with E-state index in [2.05, 4.69) is 119 Å². The average Bonchev–Trinajstić information content (AvgIpc) is 3.40. The molecule has 1 N–H and O–H groups in total. The van der Waals surface area contributed by atoms with Gasteiger partial charge in [-0.2, -0.15) is 0 Å². The van der Waals surface area contributed by atoms with E-state index in [1.165, 1.54) is 6.92 Å². The fraction of sp³-hybridized carbons (Fsp3) is 0.393. The lowest BCUT2D eigenvalue weighted by Gasteiger charge is -2.47. The maximum Gasteiger partial charge on any atom is 0.261 e. The average molecular weight is 1040 g/mol. The minimum Gasteiger partial charge on any atom is -0.405 e. The normalized spacial score (nSPS) is 19.1. The summed E-state index contributed by atoms with van der Waals surface area (Å²) >= 11 is 0. The molecule has 1 unspecified atom stereocenters. The quantitative estimate of drug-likeness (QED) is 0.0396. The van der Waals surface area contributed by atoms with Crippen molar-refractivity contribution in [3.63, 3.8) is 0 Å². The largest absolute Gasteiger partial charge is 0.405 e. The lowest BCUT2D eigenvalue weighted by molar-refractivity contribution is -0.302. The Morgan fingerprint density at radius 1 is 0.595 bits per heavy atom. The SMILES string of the molecule is CC(=O)N[C@H]1[C@@H](O[C@@H](COP(OCc2ccccc2)N(C(C)C)C(C)C)CO[Si](c2ccccc2)(c2ccccc2)C(C)(C)C)O[C@H](COCc2ccccc2)[C@@H](OCc2ccccc2)[C@@H]1OCc1ccccc1. The second-order valence-corrected chi connectivity index (χ2v) is 26.1. The third kappa shape index (κ3) is 15.8. The number of rotatable bonds is 27. The molecule has 0 aromatic heterocycles. The first-order chi connectivity index (χ1) is 35.8. The Bertz CT molecular complexity index is 2460. The van der Waals surface area contributed by atoms with E-state index in [1.54, 1.807) is 0 Å². The molecule has 6 aromatic carbocycles. The fourth-order valence-electron chi connectivity index (χ4n) is 9.63. The molecular weight excluding hydrogens is 964 g/mol. The Labute approximate surface area is 442 Å². The van der Waals surface area contributed by atoms with Crippen LogP contribution < -0.4 is 15.7 Å². The van der Waals surface area contributed by atoms with Crippen molar-refractivity contribution >= 4 is 33.1 Å². The van der Waals surface area contributed by atoms with Gasteiger partial charge in [-0.25, -0.2) is 4.67 Å². The van der Waals surface area contributed by atoms with Crippen LogP contribution >= 0.6 is 8.53 Å². The van der Waals surface area contributed by atoms with Gasteiger partial charge < -0.3 is 42.5 Å². The summed E-state index contributed by atoms with van der Waals surface area (Å²) in [5, 5.41) is 5.14. The van der Waals surface area contributed by atoms with Gasteiger partial charge in [0.25, 0.3) is 16.8 Å². The lowest BCUT2D eigenvalue weighted by atomic mass is 9.95. The zero-order chi connectivity index (χ0) is 52.3. The molecule has 0 aliphatic carbocycles. The molecule has 1 heterocycles. The number of nitrogens with one attached hydrogen (secondary N) is 1. The molecule has 6 aromatic rings. The van der Waals surface area contributed by atoms with Gasteiger partial charge in [-0.05, 0) is 65.4 Å². The summed E-state index contributed by atoms with van der Waals surface area (Å²) in [7, 11) is -4.76. The van der Waals surface area contributed by atoms with Crippen molar-refractivity contribution in [3.8, 4) is 0 Å². The Morgan fingerprint density at radius 2 is 1.03 bits per heavy atom. The maximum atomic E-state index is 13.5. The first-order valence-electron chi connectivity index (χ1n) is 26.0. The maximum absolute atomic E-state index is 13.5. The molecule has 0 bridgehead atoms. The van der Waals surface area contributed by atoms with E-state index >= 15 is 0 Å². The summed E-state index contributed by atoms with van der Waals surface area (Å²) in [6.45, 7) is 18.4. The van der Waals surface area contributed by atoms with Crippen molar-refractivity contribution in [2.45, 2.75) is 136 Å². The van der Waals surface area contributed by atoms with Crippen molar-refractivity contribution in [2.75, 3.05) is 19.8 Å². The first kappa shape index (κ1) is 56.8. The van der Waals surface area contributed by atoms with Crippen molar-refractivity contribution < 1.29 is 42.0 Å². The van der Waals surface area contributed by atoms with Crippen LogP contribution in [0, 0.1) is 0 Å². The molecule has 1 amide bonds. The number of amides is 1. The molecule has 0 radical (unpaired) electrons. The van der Waals surface area contributed by atoms with Crippen LogP contribution in [0.5, 0.6) is 0 Å². The Hall–Kier alpha value is -4.92. The molecule has 0 spiro atoms. The van der Waals surface area contributed by atoms with E-state index < -0.39 is 53.6 Å². The molecule has 394 valence electrons. The molecule has 13 heteroatoms. The molecule has 1 aliphatic heterocycles. The molecule has 11 nitrogen and oxygen atoms in total. The third-order valence-corrected chi connectivity index (χ3v) is 20.0. The van der Waals surface area contributed by atoms with Crippen molar-refractivity contribution in [1.82, 2.24) is 9.99 Å². The van der Waals surface area contributed by atoms with Crippen LogP contribution in [0.25, 0.3) is 0 Å². The third-order valence-electron chi connectivity index (χ3n) is 13.0. The van der Waals surface area contributed by atoms with Crippen LogP contribution in [0.15, 0.2) is 182 Å². The Morgan fingerprint density at radius 3 is 1.47 bits per heavy atom. The van der Waals surface area contributed by atoms with E-state index in [1.807, 2.05) is 121 Å². The van der Waals surface area contributed by atoms with E-state index in [4.69, 9.17) is 37.2 Å². The highest BCUT2D eigenvalue weighted by Crippen LogP contribution is 2.47. The molecule has 74 heavy (non-hydrogen) atoms. The van der Waals surface area contributed by atoms with E-state index in [-0.39, 0.29) is 56.1 Å². The minimum atomic E-state index is -3.12. The highest BCUT2D eigenvalue weighted by Gasteiger charge is 2.52. The van der Waals surface area contributed by atoms with Gasteiger partial charge in [-0.15, -0.1) is 0 Å². The second-order valence-electron chi connectivity index (χ2n) is 20.4. The summed E-state index contributed by atoms with van der Waals surface area (Å²) in [6.07, 6.45) is -4.03. The van der Waals surface area contributed by atoms with Crippen LogP contribution in [0.2, 0.25) is 5.04 Å². The zero-order valence-electron chi connectivity index (χ0n) is 44.5. The summed E-state index contributed by atoms with van der Waals surface area (Å²) in [4.78, 5) is 13.5. The van der Waals surface area contributed by atoms with Crippen molar-refractivity contribution in [2.24, 2.45) is 0 Å². The highest BCUT2D eigenvalue weighted by molar-refractivity contribution is 7.44. The number of carbonyl (C=O) groups is 1. The standard InChI is InChI=1S/C61H77N2O9PSi/c1-46(2)63(47(3)4)73(68-42-52-33-21-12-22-34-52)69-43-53(44-70-74(61(6,7)8,54-35-23-13-24-36-54)55-37-25-14-26-38-55)71-60-57(62-48(5)64)59(67-41-51-31-19-11-20-32-51)58(66-40-50-29-17-10-18-30-50)56(72-60)45-65-39-49-27-15-9-16-28-49/h9-38,46-47,53,56-60H,39-45H2,1-8H3,(H,62,64)/t53-,56+,57+,58+,59+,60-,73?/m0/s1. The van der Waals surface area contributed by atoms with Crippen LogP contribution in [-0.4, -0.2) is 87.5 Å². The predicted molar refractivity (Wildman–Crippen MR) is 297 cm³/mol. The van der Waals surface area contributed by atoms with Gasteiger partial charge in [0.05, 0.1) is 46.2 Å². The molecule has 1 fully saturated rings. The summed E-state index contributed by atoms with van der Waals surface area (Å²) in [5.74, 6) is -0.278. The Balaban J connectivity index is 1.30. The number of ether oxygens (including phenoxy) is 5. The van der Waals surface area contributed by atoms with E-state index in [0.29, 0.717) is 13.2 Å². The number of nitrogens with zero attached hydrogens (tertiary/aromatic N) is 1. The topological polar surface area (TPSA) is 106 Å². The number of benzene rings is 6. The van der Waals surface area contributed by atoms with Gasteiger partial charge in [0.15, 0.2) is 6.29 Å². The highest BCUT2D eigenvalue weighted by atomic mass is 31.2.